The number of halogens is 2. The van der Waals surface area contributed by atoms with Crippen molar-refractivity contribution >= 4 is 35.0 Å². The Kier molecular flexibility index (Phi) is 10.4. The molecule has 0 heterocycles. The fraction of sp³-hybridized carbons (Fsp3) is 0.500. The molecule has 0 aliphatic heterocycles. The highest BCUT2D eigenvalue weighted by molar-refractivity contribution is 6.27. The lowest BCUT2D eigenvalue weighted by Gasteiger charge is -1.71. The van der Waals surface area contributed by atoms with Gasteiger partial charge in [0.15, 0.2) is 0 Å². The zero-order valence-electron chi connectivity index (χ0n) is 5.14. The molecular formula is C4H8Cl2N2O2. The smallest absolute Gasteiger partial charge is 0.232 e. The van der Waals surface area contributed by atoms with E-state index in [2.05, 4.69) is 11.5 Å². The standard InChI is InChI=1S/2C2H4ClNO/c2*3-1-2(4)5/h2*1H2,(H2,4,5). The van der Waals surface area contributed by atoms with Crippen molar-refractivity contribution in [1.82, 2.24) is 0 Å². The molecule has 60 valence electrons. The van der Waals surface area contributed by atoms with Crippen LogP contribution in [0.1, 0.15) is 0 Å². The second-order valence-electron chi connectivity index (χ2n) is 1.20. The van der Waals surface area contributed by atoms with Crippen LogP contribution >= 0.6 is 23.2 Å². The SMILES string of the molecule is NC(=O)CCl.NC(=O)CCl. The van der Waals surface area contributed by atoms with E-state index in [0.717, 1.165) is 0 Å². The summed E-state index contributed by atoms with van der Waals surface area (Å²) < 4.78 is 0. The molecule has 6 heteroatoms. The van der Waals surface area contributed by atoms with E-state index in [1.807, 2.05) is 0 Å². The van der Waals surface area contributed by atoms with E-state index in [1.165, 1.54) is 0 Å². The predicted octanol–water partition coefficient (Wildman–Crippen LogP) is -0.579. The number of hydrogen-bond donors (Lipinski definition) is 2. The molecule has 0 aliphatic rings. The van der Waals surface area contributed by atoms with Gasteiger partial charge in [0, 0.05) is 0 Å². The van der Waals surface area contributed by atoms with Crippen LogP contribution in [0.15, 0.2) is 0 Å². The first-order chi connectivity index (χ1) is 4.54. The summed E-state index contributed by atoms with van der Waals surface area (Å²) in [6.45, 7) is 0. The summed E-state index contributed by atoms with van der Waals surface area (Å²) in [5, 5.41) is 0. The maximum absolute atomic E-state index is 9.46. The molecule has 0 saturated heterocycles. The summed E-state index contributed by atoms with van der Waals surface area (Å²) in [5.74, 6) is -1.13. The number of rotatable bonds is 2. The molecule has 0 atom stereocenters. The van der Waals surface area contributed by atoms with E-state index in [9.17, 15) is 9.59 Å². The lowest BCUT2D eigenvalue weighted by molar-refractivity contribution is -0.116. The molecule has 0 aromatic rings. The van der Waals surface area contributed by atoms with Gasteiger partial charge < -0.3 is 11.5 Å². The average Bonchev–Trinajstić information content (AvgIpc) is 1.89. The maximum atomic E-state index is 9.46. The van der Waals surface area contributed by atoms with Crippen LogP contribution in [0.4, 0.5) is 0 Å². The Morgan fingerprint density at radius 2 is 1.10 bits per heavy atom. The number of hydrogen-bond acceptors (Lipinski definition) is 2. The fourth-order valence-electron chi connectivity index (χ4n) is 0. The minimum Gasteiger partial charge on any atom is -0.369 e. The van der Waals surface area contributed by atoms with E-state index in [4.69, 9.17) is 23.2 Å². The Morgan fingerprint density at radius 3 is 1.10 bits per heavy atom. The maximum Gasteiger partial charge on any atom is 0.232 e. The Hall–Kier alpha value is -0.480. The Morgan fingerprint density at radius 1 is 1.00 bits per heavy atom. The third kappa shape index (κ3) is 25.8. The Bertz CT molecular complexity index is 104. The molecule has 4 nitrogen and oxygen atoms in total. The first-order valence-electron chi connectivity index (χ1n) is 2.23. The highest BCUT2D eigenvalue weighted by Gasteiger charge is 1.80. The first-order valence-corrected chi connectivity index (χ1v) is 3.30. The van der Waals surface area contributed by atoms with E-state index < -0.39 is 11.8 Å². The first kappa shape index (κ1) is 12.2. The van der Waals surface area contributed by atoms with Crippen molar-refractivity contribution < 1.29 is 9.59 Å². The van der Waals surface area contributed by atoms with Crippen LogP contribution in [-0.4, -0.2) is 23.6 Å². The van der Waals surface area contributed by atoms with Crippen molar-refractivity contribution in [3.63, 3.8) is 0 Å². The molecule has 2 amide bonds. The molecule has 0 aromatic carbocycles. The number of carbonyl (C=O) groups is 2. The van der Waals surface area contributed by atoms with Crippen molar-refractivity contribution in [2.75, 3.05) is 11.8 Å². The van der Waals surface area contributed by atoms with Crippen molar-refractivity contribution in [3.05, 3.63) is 0 Å². The van der Waals surface area contributed by atoms with Crippen LogP contribution in [0, 0.1) is 0 Å². The summed E-state index contributed by atoms with van der Waals surface area (Å²) in [7, 11) is 0. The van der Waals surface area contributed by atoms with Crippen LogP contribution < -0.4 is 11.5 Å². The lowest BCUT2D eigenvalue weighted by Crippen LogP contribution is -2.10. The van der Waals surface area contributed by atoms with Gasteiger partial charge in [-0.2, -0.15) is 0 Å². The molecule has 10 heavy (non-hydrogen) atoms. The topological polar surface area (TPSA) is 86.2 Å². The zero-order chi connectivity index (χ0) is 8.57. The van der Waals surface area contributed by atoms with Gasteiger partial charge in [0.25, 0.3) is 0 Å². The molecule has 0 rings (SSSR count). The number of alkyl halides is 2. The second kappa shape index (κ2) is 8.52. The van der Waals surface area contributed by atoms with E-state index >= 15 is 0 Å². The highest BCUT2D eigenvalue weighted by atomic mass is 35.5. The number of nitrogens with two attached hydrogens (primary N) is 2. The molecule has 0 aromatic heterocycles. The summed E-state index contributed by atoms with van der Waals surface area (Å²) in [5.41, 5.74) is 9.04. The molecule has 0 bridgehead atoms. The molecule has 0 saturated carbocycles. The third-order valence-corrected chi connectivity index (χ3v) is 0.790. The Labute approximate surface area is 68.4 Å². The minimum absolute atomic E-state index is 0.0833. The van der Waals surface area contributed by atoms with Crippen LogP contribution in [0.3, 0.4) is 0 Å². The van der Waals surface area contributed by atoms with Crippen molar-refractivity contribution in [3.8, 4) is 0 Å². The summed E-state index contributed by atoms with van der Waals surface area (Å²) in [6.07, 6.45) is 0. The van der Waals surface area contributed by atoms with Crippen LogP contribution in [-0.2, 0) is 9.59 Å². The van der Waals surface area contributed by atoms with Crippen molar-refractivity contribution in [2.24, 2.45) is 11.5 Å². The van der Waals surface area contributed by atoms with Gasteiger partial charge in [-0.05, 0) is 0 Å². The van der Waals surface area contributed by atoms with Crippen molar-refractivity contribution in [1.29, 1.82) is 0 Å². The zero-order valence-corrected chi connectivity index (χ0v) is 6.65. The number of amides is 2. The van der Waals surface area contributed by atoms with Gasteiger partial charge in [0.2, 0.25) is 11.8 Å². The molecule has 0 aliphatic carbocycles. The monoisotopic (exact) mass is 186 g/mol. The molecule has 0 spiro atoms. The molecule has 0 radical (unpaired) electrons. The lowest BCUT2D eigenvalue weighted by atomic mass is 10.8. The molecular weight excluding hydrogens is 179 g/mol. The van der Waals surface area contributed by atoms with E-state index in [0.29, 0.717) is 0 Å². The largest absolute Gasteiger partial charge is 0.369 e. The summed E-state index contributed by atoms with van der Waals surface area (Å²) in [6, 6.07) is 0. The van der Waals surface area contributed by atoms with E-state index in [1.54, 1.807) is 0 Å². The van der Waals surface area contributed by atoms with Gasteiger partial charge in [-0.25, -0.2) is 0 Å². The highest BCUT2D eigenvalue weighted by Crippen LogP contribution is 1.65. The molecule has 0 unspecified atom stereocenters. The molecule has 4 N–H and O–H groups in total. The number of primary amides is 2. The minimum atomic E-state index is -0.480. The van der Waals surface area contributed by atoms with Crippen LogP contribution in [0.2, 0.25) is 0 Å². The predicted molar refractivity (Wildman–Crippen MR) is 39.8 cm³/mol. The third-order valence-electron chi connectivity index (χ3n) is 0.263. The van der Waals surface area contributed by atoms with Gasteiger partial charge in [-0.3, -0.25) is 9.59 Å². The van der Waals surface area contributed by atoms with Gasteiger partial charge >= 0.3 is 0 Å². The van der Waals surface area contributed by atoms with Crippen LogP contribution in [0.5, 0.6) is 0 Å². The summed E-state index contributed by atoms with van der Waals surface area (Å²) in [4.78, 5) is 18.9. The normalized spacial score (nSPS) is 7.40. The fourth-order valence-corrected chi connectivity index (χ4v) is 0. The van der Waals surface area contributed by atoms with E-state index in [-0.39, 0.29) is 11.8 Å². The molecule has 0 fully saturated rings. The van der Waals surface area contributed by atoms with Gasteiger partial charge in [0.1, 0.15) is 11.8 Å². The average molecular weight is 187 g/mol. The summed E-state index contributed by atoms with van der Waals surface area (Å²) >= 11 is 9.72. The van der Waals surface area contributed by atoms with Crippen molar-refractivity contribution in [2.45, 2.75) is 0 Å². The quantitative estimate of drug-likeness (QED) is 0.566. The van der Waals surface area contributed by atoms with Gasteiger partial charge in [-0.1, -0.05) is 0 Å². The van der Waals surface area contributed by atoms with Gasteiger partial charge in [-0.15, -0.1) is 23.2 Å². The van der Waals surface area contributed by atoms with Gasteiger partial charge in [0.05, 0.1) is 0 Å². The Balaban J connectivity index is 0. The second-order valence-corrected chi connectivity index (χ2v) is 1.73. The van der Waals surface area contributed by atoms with Crippen LogP contribution in [0.25, 0.3) is 0 Å². The number of carbonyl (C=O) groups excluding carboxylic acids is 2.